The maximum absolute atomic E-state index is 13.1. The second-order valence-electron chi connectivity index (χ2n) is 5.60. The molecule has 2 aromatic rings. The summed E-state index contributed by atoms with van der Waals surface area (Å²) >= 11 is 3.34. The van der Waals surface area contributed by atoms with E-state index in [1.54, 1.807) is 12.3 Å². The van der Waals surface area contributed by atoms with E-state index in [0.717, 1.165) is 11.3 Å². The molecular formula is C15H17BrFN3. The summed E-state index contributed by atoms with van der Waals surface area (Å²) in [6.45, 7) is 6.97. The molecule has 1 heterocycles. The van der Waals surface area contributed by atoms with Crippen LogP contribution in [0.2, 0.25) is 0 Å². The topological polar surface area (TPSA) is 37.8 Å². The van der Waals surface area contributed by atoms with Gasteiger partial charge in [-0.3, -0.25) is 0 Å². The van der Waals surface area contributed by atoms with Crippen LogP contribution in [0.3, 0.4) is 0 Å². The Morgan fingerprint density at radius 1 is 1.25 bits per heavy atom. The molecule has 0 bridgehead atoms. The van der Waals surface area contributed by atoms with Gasteiger partial charge in [-0.25, -0.2) is 14.4 Å². The van der Waals surface area contributed by atoms with Crippen LogP contribution in [0.15, 0.2) is 34.9 Å². The molecule has 3 nitrogen and oxygen atoms in total. The summed E-state index contributed by atoms with van der Waals surface area (Å²) < 4.78 is 13.8. The van der Waals surface area contributed by atoms with E-state index in [1.807, 2.05) is 6.07 Å². The first-order valence-corrected chi connectivity index (χ1v) is 7.17. The zero-order valence-corrected chi connectivity index (χ0v) is 13.3. The van der Waals surface area contributed by atoms with Crippen molar-refractivity contribution in [2.24, 2.45) is 0 Å². The Labute approximate surface area is 126 Å². The average molecular weight is 338 g/mol. The highest BCUT2D eigenvalue weighted by Crippen LogP contribution is 2.26. The normalized spacial score (nSPS) is 11.7. The number of halogens is 2. The van der Waals surface area contributed by atoms with Gasteiger partial charge in [-0.05, 0) is 61.0 Å². The van der Waals surface area contributed by atoms with E-state index in [2.05, 4.69) is 52.0 Å². The maximum atomic E-state index is 13.1. The average Bonchev–Trinajstić information content (AvgIpc) is 2.36. The zero-order chi connectivity index (χ0) is 14.8. The second kappa shape index (κ2) is 5.97. The lowest BCUT2D eigenvalue weighted by atomic mass is 10.1. The summed E-state index contributed by atoms with van der Waals surface area (Å²) in [7, 11) is 0. The first-order valence-electron chi connectivity index (χ1n) is 6.37. The van der Waals surface area contributed by atoms with Crippen LogP contribution in [-0.4, -0.2) is 15.5 Å². The van der Waals surface area contributed by atoms with Crippen molar-refractivity contribution in [3.05, 3.63) is 46.4 Å². The van der Waals surface area contributed by atoms with Crippen LogP contribution in [0.5, 0.6) is 0 Å². The molecule has 0 spiro atoms. The molecule has 20 heavy (non-hydrogen) atoms. The summed E-state index contributed by atoms with van der Waals surface area (Å²) in [6, 6.07) is 6.37. The number of nitrogens with zero attached hydrogens (tertiary/aromatic N) is 2. The zero-order valence-electron chi connectivity index (χ0n) is 11.7. The van der Waals surface area contributed by atoms with E-state index in [0.29, 0.717) is 16.8 Å². The van der Waals surface area contributed by atoms with Gasteiger partial charge in [0.05, 0.1) is 5.69 Å². The molecule has 0 saturated carbocycles. The summed E-state index contributed by atoms with van der Waals surface area (Å²) in [5.74, 6) is 0.302. The Morgan fingerprint density at radius 3 is 2.65 bits per heavy atom. The molecular weight excluding hydrogens is 321 g/mol. The first kappa shape index (κ1) is 15.1. The molecule has 5 heteroatoms. The third-order valence-electron chi connectivity index (χ3n) is 2.69. The van der Waals surface area contributed by atoms with Gasteiger partial charge in [0.1, 0.15) is 5.82 Å². The predicted molar refractivity (Wildman–Crippen MR) is 81.7 cm³/mol. The van der Waals surface area contributed by atoms with Gasteiger partial charge in [0.2, 0.25) is 0 Å². The summed E-state index contributed by atoms with van der Waals surface area (Å²) in [5, 5.41) is 3.38. The van der Waals surface area contributed by atoms with Crippen molar-refractivity contribution in [3.63, 3.8) is 0 Å². The molecule has 0 fully saturated rings. The smallest absolute Gasteiger partial charge is 0.160 e. The highest BCUT2D eigenvalue weighted by molar-refractivity contribution is 9.10. The number of nitrogens with one attached hydrogen (secondary N) is 1. The Hall–Kier alpha value is -1.33. The standard InChI is InChI=1S/C15H17BrFN3/c1-15(2,3)19-9-11-6-7-18-14(20-11)12-5-4-10(17)8-13(12)16/h4-8,19H,9H2,1-3H3. The van der Waals surface area contributed by atoms with Gasteiger partial charge in [0, 0.05) is 28.3 Å². The highest BCUT2D eigenvalue weighted by Gasteiger charge is 2.11. The Morgan fingerprint density at radius 2 is 2.00 bits per heavy atom. The van der Waals surface area contributed by atoms with E-state index in [4.69, 9.17) is 0 Å². The Bertz CT molecular complexity index is 608. The highest BCUT2D eigenvalue weighted by atomic mass is 79.9. The Balaban J connectivity index is 2.25. The quantitative estimate of drug-likeness (QED) is 0.921. The summed E-state index contributed by atoms with van der Waals surface area (Å²) in [6.07, 6.45) is 1.72. The van der Waals surface area contributed by atoms with Crippen LogP contribution in [0.4, 0.5) is 4.39 Å². The molecule has 2 rings (SSSR count). The van der Waals surface area contributed by atoms with Crippen LogP contribution >= 0.6 is 15.9 Å². The molecule has 106 valence electrons. The predicted octanol–water partition coefficient (Wildman–Crippen LogP) is 3.93. The molecule has 0 saturated heterocycles. The molecule has 0 aliphatic heterocycles. The van der Waals surface area contributed by atoms with Crippen molar-refractivity contribution in [2.45, 2.75) is 32.9 Å². The molecule has 1 aromatic heterocycles. The molecule has 0 aliphatic rings. The number of hydrogen-bond acceptors (Lipinski definition) is 3. The minimum absolute atomic E-state index is 0.0293. The van der Waals surface area contributed by atoms with Crippen LogP contribution < -0.4 is 5.32 Å². The Kier molecular flexibility index (Phi) is 4.50. The first-order chi connectivity index (χ1) is 9.35. The lowest BCUT2D eigenvalue weighted by Crippen LogP contribution is -2.35. The third-order valence-corrected chi connectivity index (χ3v) is 3.34. The van der Waals surface area contributed by atoms with Gasteiger partial charge in [-0.1, -0.05) is 0 Å². The van der Waals surface area contributed by atoms with Gasteiger partial charge in [0.15, 0.2) is 5.82 Å². The van der Waals surface area contributed by atoms with Crippen molar-refractivity contribution in [1.82, 2.24) is 15.3 Å². The second-order valence-corrected chi connectivity index (χ2v) is 6.45. The van der Waals surface area contributed by atoms with Crippen molar-refractivity contribution in [2.75, 3.05) is 0 Å². The molecule has 0 unspecified atom stereocenters. The van der Waals surface area contributed by atoms with Crippen molar-refractivity contribution < 1.29 is 4.39 Å². The molecule has 0 atom stereocenters. The van der Waals surface area contributed by atoms with Crippen LogP contribution in [0.25, 0.3) is 11.4 Å². The van der Waals surface area contributed by atoms with Gasteiger partial charge < -0.3 is 5.32 Å². The largest absolute Gasteiger partial charge is 0.306 e. The number of aromatic nitrogens is 2. The van der Waals surface area contributed by atoms with Gasteiger partial charge in [-0.2, -0.15) is 0 Å². The lowest BCUT2D eigenvalue weighted by molar-refractivity contribution is 0.421. The molecule has 1 aromatic carbocycles. The molecule has 0 radical (unpaired) electrons. The summed E-state index contributed by atoms with van der Waals surface area (Å²) in [5.41, 5.74) is 1.71. The van der Waals surface area contributed by atoms with Crippen molar-refractivity contribution >= 4 is 15.9 Å². The van der Waals surface area contributed by atoms with Crippen molar-refractivity contribution in [3.8, 4) is 11.4 Å². The van der Waals surface area contributed by atoms with E-state index >= 15 is 0 Å². The number of benzene rings is 1. The minimum Gasteiger partial charge on any atom is -0.306 e. The minimum atomic E-state index is -0.286. The number of hydrogen-bond donors (Lipinski definition) is 1. The van der Waals surface area contributed by atoms with Crippen LogP contribution in [0.1, 0.15) is 26.5 Å². The van der Waals surface area contributed by atoms with Gasteiger partial charge >= 0.3 is 0 Å². The van der Waals surface area contributed by atoms with Gasteiger partial charge in [0.25, 0.3) is 0 Å². The fourth-order valence-corrected chi connectivity index (χ4v) is 2.18. The summed E-state index contributed by atoms with van der Waals surface area (Å²) in [4.78, 5) is 8.76. The fourth-order valence-electron chi connectivity index (χ4n) is 1.65. The third kappa shape index (κ3) is 4.08. The maximum Gasteiger partial charge on any atom is 0.160 e. The van der Waals surface area contributed by atoms with Crippen molar-refractivity contribution in [1.29, 1.82) is 0 Å². The molecule has 1 N–H and O–H groups in total. The van der Waals surface area contributed by atoms with E-state index in [1.165, 1.54) is 12.1 Å². The van der Waals surface area contributed by atoms with Crippen LogP contribution in [-0.2, 0) is 6.54 Å². The lowest BCUT2D eigenvalue weighted by Gasteiger charge is -2.20. The molecule has 0 aliphatic carbocycles. The van der Waals surface area contributed by atoms with Gasteiger partial charge in [-0.15, -0.1) is 0 Å². The van der Waals surface area contributed by atoms with Crippen LogP contribution in [0, 0.1) is 5.82 Å². The van der Waals surface area contributed by atoms with E-state index in [9.17, 15) is 4.39 Å². The fraction of sp³-hybridized carbons (Fsp3) is 0.333. The SMILES string of the molecule is CC(C)(C)NCc1ccnc(-c2ccc(F)cc2Br)n1. The monoisotopic (exact) mass is 337 g/mol. The number of rotatable bonds is 3. The van der Waals surface area contributed by atoms with E-state index < -0.39 is 0 Å². The molecule has 0 amide bonds. The van der Waals surface area contributed by atoms with E-state index in [-0.39, 0.29) is 11.4 Å².